The second-order valence-corrected chi connectivity index (χ2v) is 3.81. The number of aliphatic carboxylic acids is 1. The Kier molecular flexibility index (Phi) is 2.28. The van der Waals surface area contributed by atoms with Crippen molar-refractivity contribution in [1.82, 2.24) is 0 Å². The van der Waals surface area contributed by atoms with Crippen LogP contribution in [0.3, 0.4) is 0 Å². The summed E-state index contributed by atoms with van der Waals surface area (Å²) in [5.74, 6) is -0.756. The van der Waals surface area contributed by atoms with Crippen LogP contribution in [0.2, 0.25) is 0 Å². The van der Waals surface area contributed by atoms with Crippen LogP contribution in [0.1, 0.15) is 33.6 Å². The molecular formula is C10H14O3. The standard InChI is InChI=1S/C10H14O3/c1-6-7(2)10(3,9(12)13)5-4-8(6)11/h4-5H2,1-3H3,(H,12,13). The lowest BCUT2D eigenvalue weighted by atomic mass is 9.72. The maximum atomic E-state index is 11.3. The highest BCUT2D eigenvalue weighted by molar-refractivity contribution is 5.99. The van der Waals surface area contributed by atoms with Gasteiger partial charge in [0.1, 0.15) is 0 Å². The third kappa shape index (κ3) is 1.39. The second kappa shape index (κ2) is 2.98. The summed E-state index contributed by atoms with van der Waals surface area (Å²) >= 11 is 0. The van der Waals surface area contributed by atoms with E-state index in [2.05, 4.69) is 0 Å². The minimum atomic E-state index is -0.836. The van der Waals surface area contributed by atoms with E-state index in [1.807, 2.05) is 0 Å². The van der Waals surface area contributed by atoms with Gasteiger partial charge in [-0.3, -0.25) is 9.59 Å². The van der Waals surface area contributed by atoms with Gasteiger partial charge in [0.25, 0.3) is 0 Å². The Morgan fingerprint density at radius 1 is 1.46 bits per heavy atom. The molecule has 1 unspecified atom stereocenters. The molecule has 0 aromatic rings. The number of Topliss-reactive ketones (excluding diaryl/α,β-unsaturated/α-hetero) is 1. The van der Waals surface area contributed by atoms with Crippen LogP contribution < -0.4 is 0 Å². The fourth-order valence-electron chi connectivity index (χ4n) is 1.63. The smallest absolute Gasteiger partial charge is 0.313 e. The Bertz CT molecular complexity index is 301. The molecule has 1 rings (SSSR count). The van der Waals surface area contributed by atoms with Crippen molar-refractivity contribution >= 4 is 11.8 Å². The van der Waals surface area contributed by atoms with Gasteiger partial charge in [-0.1, -0.05) is 0 Å². The molecule has 0 heterocycles. The molecule has 72 valence electrons. The van der Waals surface area contributed by atoms with Crippen LogP contribution in [-0.2, 0) is 9.59 Å². The zero-order chi connectivity index (χ0) is 10.2. The number of carbonyl (C=O) groups is 2. The fourth-order valence-corrected chi connectivity index (χ4v) is 1.63. The van der Waals surface area contributed by atoms with Gasteiger partial charge in [-0.05, 0) is 38.3 Å². The third-order valence-corrected chi connectivity index (χ3v) is 3.13. The predicted octanol–water partition coefficient (Wildman–Crippen LogP) is 1.78. The maximum Gasteiger partial charge on any atom is 0.313 e. The summed E-state index contributed by atoms with van der Waals surface area (Å²) in [7, 11) is 0. The van der Waals surface area contributed by atoms with Crippen molar-refractivity contribution in [3.8, 4) is 0 Å². The van der Waals surface area contributed by atoms with Crippen molar-refractivity contribution in [2.45, 2.75) is 33.6 Å². The van der Waals surface area contributed by atoms with E-state index in [1.165, 1.54) is 0 Å². The number of rotatable bonds is 1. The minimum absolute atomic E-state index is 0.0798. The molecule has 1 aliphatic carbocycles. The molecule has 0 fully saturated rings. The van der Waals surface area contributed by atoms with Crippen molar-refractivity contribution in [2.75, 3.05) is 0 Å². The van der Waals surface area contributed by atoms with Crippen LogP contribution >= 0.6 is 0 Å². The van der Waals surface area contributed by atoms with E-state index in [4.69, 9.17) is 5.11 Å². The van der Waals surface area contributed by atoms with Gasteiger partial charge in [0.2, 0.25) is 0 Å². The normalized spacial score (nSPS) is 29.3. The average Bonchev–Trinajstić information content (AvgIpc) is 2.08. The van der Waals surface area contributed by atoms with Crippen LogP contribution in [-0.4, -0.2) is 16.9 Å². The van der Waals surface area contributed by atoms with Gasteiger partial charge in [-0.2, -0.15) is 0 Å². The number of allylic oxidation sites excluding steroid dienone is 1. The number of carbonyl (C=O) groups excluding carboxylic acids is 1. The quantitative estimate of drug-likeness (QED) is 0.672. The summed E-state index contributed by atoms with van der Waals surface area (Å²) in [6.45, 7) is 5.12. The lowest BCUT2D eigenvalue weighted by Gasteiger charge is -2.31. The summed E-state index contributed by atoms with van der Waals surface area (Å²) < 4.78 is 0. The summed E-state index contributed by atoms with van der Waals surface area (Å²) in [6.07, 6.45) is 0.774. The van der Waals surface area contributed by atoms with Crippen molar-refractivity contribution in [3.63, 3.8) is 0 Å². The number of hydrogen-bond acceptors (Lipinski definition) is 2. The highest BCUT2D eigenvalue weighted by Crippen LogP contribution is 2.38. The topological polar surface area (TPSA) is 54.4 Å². The Morgan fingerprint density at radius 2 is 2.00 bits per heavy atom. The van der Waals surface area contributed by atoms with E-state index in [1.54, 1.807) is 20.8 Å². The fraction of sp³-hybridized carbons (Fsp3) is 0.600. The Labute approximate surface area is 77.4 Å². The van der Waals surface area contributed by atoms with Gasteiger partial charge in [0.15, 0.2) is 5.78 Å². The van der Waals surface area contributed by atoms with E-state index in [9.17, 15) is 9.59 Å². The molecule has 0 aromatic carbocycles. The van der Waals surface area contributed by atoms with Crippen molar-refractivity contribution in [2.24, 2.45) is 5.41 Å². The van der Waals surface area contributed by atoms with Crippen molar-refractivity contribution < 1.29 is 14.7 Å². The SMILES string of the molecule is CC1=C(C)C(C)(C(=O)O)CCC1=O. The molecule has 0 aromatic heterocycles. The Morgan fingerprint density at radius 3 is 2.46 bits per heavy atom. The van der Waals surface area contributed by atoms with E-state index in [0.717, 1.165) is 0 Å². The van der Waals surface area contributed by atoms with Crippen LogP contribution in [0.15, 0.2) is 11.1 Å². The average molecular weight is 182 g/mol. The zero-order valence-electron chi connectivity index (χ0n) is 8.18. The summed E-state index contributed by atoms with van der Waals surface area (Å²) in [5.41, 5.74) is 0.491. The van der Waals surface area contributed by atoms with Gasteiger partial charge in [-0.15, -0.1) is 0 Å². The van der Waals surface area contributed by atoms with Gasteiger partial charge in [-0.25, -0.2) is 0 Å². The molecule has 1 atom stereocenters. The highest BCUT2D eigenvalue weighted by Gasteiger charge is 2.40. The maximum absolute atomic E-state index is 11.3. The molecule has 0 radical (unpaired) electrons. The molecule has 0 spiro atoms. The molecule has 0 bridgehead atoms. The van der Waals surface area contributed by atoms with Gasteiger partial charge < -0.3 is 5.11 Å². The minimum Gasteiger partial charge on any atom is -0.481 e. The molecule has 0 saturated heterocycles. The van der Waals surface area contributed by atoms with Crippen LogP contribution in [0.25, 0.3) is 0 Å². The number of carboxylic acids is 1. The van der Waals surface area contributed by atoms with Gasteiger partial charge in [0, 0.05) is 6.42 Å². The summed E-state index contributed by atoms with van der Waals surface area (Å²) in [5, 5.41) is 9.03. The molecule has 0 saturated carbocycles. The largest absolute Gasteiger partial charge is 0.481 e. The van der Waals surface area contributed by atoms with Gasteiger partial charge >= 0.3 is 5.97 Å². The molecule has 13 heavy (non-hydrogen) atoms. The first-order valence-corrected chi connectivity index (χ1v) is 4.34. The molecule has 1 aliphatic rings. The lowest BCUT2D eigenvalue weighted by molar-refractivity contribution is -0.146. The number of hydrogen-bond donors (Lipinski definition) is 1. The highest BCUT2D eigenvalue weighted by atomic mass is 16.4. The van der Waals surface area contributed by atoms with Crippen LogP contribution in [0.4, 0.5) is 0 Å². The van der Waals surface area contributed by atoms with Crippen molar-refractivity contribution in [3.05, 3.63) is 11.1 Å². The first kappa shape index (κ1) is 9.96. The van der Waals surface area contributed by atoms with E-state index in [-0.39, 0.29) is 5.78 Å². The monoisotopic (exact) mass is 182 g/mol. The van der Waals surface area contributed by atoms with E-state index in [0.29, 0.717) is 24.0 Å². The molecule has 3 nitrogen and oxygen atoms in total. The van der Waals surface area contributed by atoms with Crippen LogP contribution in [0.5, 0.6) is 0 Å². The van der Waals surface area contributed by atoms with E-state index >= 15 is 0 Å². The second-order valence-electron chi connectivity index (χ2n) is 3.81. The van der Waals surface area contributed by atoms with Crippen molar-refractivity contribution in [1.29, 1.82) is 0 Å². The molecular weight excluding hydrogens is 168 g/mol. The zero-order valence-corrected chi connectivity index (χ0v) is 8.18. The number of ketones is 1. The first-order valence-electron chi connectivity index (χ1n) is 4.34. The Hall–Kier alpha value is -1.12. The molecule has 0 aliphatic heterocycles. The number of carboxylic acid groups (broad SMARTS) is 1. The molecule has 0 amide bonds. The summed E-state index contributed by atoms with van der Waals surface area (Å²) in [4.78, 5) is 22.3. The van der Waals surface area contributed by atoms with Crippen LogP contribution in [0, 0.1) is 5.41 Å². The predicted molar refractivity (Wildman–Crippen MR) is 48.4 cm³/mol. The first-order chi connectivity index (χ1) is 5.89. The molecule has 3 heteroatoms. The molecule has 1 N–H and O–H groups in total. The third-order valence-electron chi connectivity index (χ3n) is 3.13. The van der Waals surface area contributed by atoms with E-state index < -0.39 is 11.4 Å². The lowest BCUT2D eigenvalue weighted by Crippen LogP contribution is -2.34. The summed E-state index contributed by atoms with van der Waals surface area (Å²) in [6, 6.07) is 0. The Balaban J connectivity index is 3.19. The van der Waals surface area contributed by atoms with Gasteiger partial charge in [0.05, 0.1) is 5.41 Å².